The minimum absolute atomic E-state index is 0.460. The zero-order chi connectivity index (χ0) is 12.4. The van der Waals surface area contributed by atoms with Gasteiger partial charge in [-0.25, -0.2) is 0 Å². The van der Waals surface area contributed by atoms with Crippen LogP contribution in [0.25, 0.3) is 0 Å². The van der Waals surface area contributed by atoms with Crippen molar-refractivity contribution in [2.24, 2.45) is 11.8 Å². The summed E-state index contributed by atoms with van der Waals surface area (Å²) in [5, 5.41) is 7.56. The predicted octanol–water partition coefficient (Wildman–Crippen LogP) is 1.92. The van der Waals surface area contributed by atoms with E-state index in [4.69, 9.17) is 4.74 Å². The van der Waals surface area contributed by atoms with Gasteiger partial charge < -0.3 is 15.4 Å². The maximum atomic E-state index is 5.65. The van der Waals surface area contributed by atoms with Crippen LogP contribution in [-0.2, 0) is 4.74 Å². The van der Waals surface area contributed by atoms with Crippen LogP contribution in [-0.4, -0.2) is 37.9 Å². The van der Waals surface area contributed by atoms with Crippen molar-refractivity contribution in [3.63, 3.8) is 0 Å². The molecule has 2 N–H and O–H groups in total. The summed E-state index contributed by atoms with van der Waals surface area (Å²) in [6.45, 7) is 5.59. The molecule has 2 saturated heterocycles. The van der Waals surface area contributed by atoms with Gasteiger partial charge in [-0.3, -0.25) is 0 Å². The summed E-state index contributed by atoms with van der Waals surface area (Å²) in [7, 11) is 0. The summed E-state index contributed by atoms with van der Waals surface area (Å²) >= 11 is 0. The van der Waals surface area contributed by atoms with Crippen molar-refractivity contribution in [1.82, 2.24) is 10.6 Å². The molecule has 1 aliphatic carbocycles. The van der Waals surface area contributed by atoms with Crippen molar-refractivity contribution in [2.75, 3.05) is 19.7 Å². The van der Waals surface area contributed by atoms with Crippen LogP contribution in [0.5, 0.6) is 0 Å². The van der Waals surface area contributed by atoms with Gasteiger partial charge in [-0.2, -0.15) is 0 Å². The van der Waals surface area contributed by atoms with Crippen molar-refractivity contribution >= 4 is 0 Å². The molecule has 5 unspecified atom stereocenters. The molecule has 0 aromatic rings. The van der Waals surface area contributed by atoms with Crippen LogP contribution in [0, 0.1) is 11.8 Å². The number of rotatable bonds is 4. The van der Waals surface area contributed by atoms with E-state index in [2.05, 4.69) is 17.6 Å². The van der Waals surface area contributed by atoms with Gasteiger partial charge in [0.15, 0.2) is 0 Å². The van der Waals surface area contributed by atoms with Gasteiger partial charge >= 0.3 is 0 Å². The fraction of sp³-hybridized carbons (Fsp3) is 1.00. The highest BCUT2D eigenvalue weighted by molar-refractivity contribution is 4.93. The molecule has 0 bridgehead atoms. The summed E-state index contributed by atoms with van der Waals surface area (Å²) < 4.78 is 5.65. The molecular weight excluding hydrogens is 224 g/mol. The minimum atomic E-state index is 0.460. The Morgan fingerprint density at radius 2 is 2.11 bits per heavy atom. The molecule has 0 radical (unpaired) electrons. The molecule has 3 fully saturated rings. The van der Waals surface area contributed by atoms with E-state index in [9.17, 15) is 0 Å². The predicted molar refractivity (Wildman–Crippen MR) is 73.7 cm³/mol. The Morgan fingerprint density at radius 3 is 2.83 bits per heavy atom. The lowest BCUT2D eigenvalue weighted by atomic mass is 9.92. The lowest BCUT2D eigenvalue weighted by Gasteiger charge is -2.28. The molecule has 0 amide bonds. The quantitative estimate of drug-likeness (QED) is 0.802. The molecule has 5 atom stereocenters. The molecule has 104 valence electrons. The molecule has 0 spiro atoms. The van der Waals surface area contributed by atoms with Gasteiger partial charge in [-0.1, -0.05) is 6.42 Å². The van der Waals surface area contributed by atoms with E-state index in [0.717, 1.165) is 37.1 Å². The van der Waals surface area contributed by atoms with Crippen LogP contribution in [0.15, 0.2) is 0 Å². The monoisotopic (exact) mass is 252 g/mol. The lowest BCUT2D eigenvalue weighted by Crippen LogP contribution is -2.44. The zero-order valence-corrected chi connectivity index (χ0v) is 11.7. The van der Waals surface area contributed by atoms with Crippen molar-refractivity contribution in [3.05, 3.63) is 0 Å². The first-order valence-corrected chi connectivity index (χ1v) is 7.93. The van der Waals surface area contributed by atoms with E-state index in [1.54, 1.807) is 0 Å². The van der Waals surface area contributed by atoms with Gasteiger partial charge in [0.05, 0.1) is 6.10 Å². The normalized spacial score (nSPS) is 44.8. The summed E-state index contributed by atoms with van der Waals surface area (Å²) in [5.41, 5.74) is 0. The van der Waals surface area contributed by atoms with Gasteiger partial charge in [0.25, 0.3) is 0 Å². The first kappa shape index (κ1) is 12.9. The molecule has 18 heavy (non-hydrogen) atoms. The highest BCUT2D eigenvalue weighted by Crippen LogP contribution is 2.32. The van der Waals surface area contributed by atoms with Gasteiger partial charge in [0.1, 0.15) is 0 Å². The maximum Gasteiger partial charge on any atom is 0.0588 e. The fourth-order valence-corrected chi connectivity index (χ4v) is 4.15. The van der Waals surface area contributed by atoms with Crippen LogP contribution in [0.2, 0.25) is 0 Å². The third-order valence-corrected chi connectivity index (χ3v) is 5.36. The standard InChI is InChI=1S/C15H28N2O/c1-11-12(7-9-18-11)10-17-15-5-2-4-13(15)14-6-3-8-16-14/h11-17H,2-10H2,1H3. The Kier molecular flexibility index (Phi) is 4.22. The zero-order valence-electron chi connectivity index (χ0n) is 11.7. The van der Waals surface area contributed by atoms with Gasteiger partial charge in [-0.05, 0) is 57.4 Å². The fourth-order valence-electron chi connectivity index (χ4n) is 4.15. The van der Waals surface area contributed by atoms with E-state index in [-0.39, 0.29) is 0 Å². The summed E-state index contributed by atoms with van der Waals surface area (Å²) in [5.74, 6) is 1.62. The topological polar surface area (TPSA) is 33.3 Å². The number of nitrogens with one attached hydrogen (secondary N) is 2. The number of ether oxygens (including phenoxy) is 1. The number of hydrogen-bond donors (Lipinski definition) is 2. The van der Waals surface area contributed by atoms with Crippen LogP contribution >= 0.6 is 0 Å². The number of hydrogen-bond acceptors (Lipinski definition) is 3. The average molecular weight is 252 g/mol. The molecule has 0 aromatic carbocycles. The first-order valence-electron chi connectivity index (χ1n) is 7.93. The molecule has 3 aliphatic rings. The lowest BCUT2D eigenvalue weighted by molar-refractivity contribution is 0.104. The summed E-state index contributed by atoms with van der Waals surface area (Å²) in [4.78, 5) is 0. The molecule has 3 heteroatoms. The van der Waals surface area contributed by atoms with Crippen LogP contribution in [0.4, 0.5) is 0 Å². The van der Waals surface area contributed by atoms with E-state index in [1.807, 2.05) is 0 Å². The minimum Gasteiger partial charge on any atom is -0.378 e. The van der Waals surface area contributed by atoms with Crippen molar-refractivity contribution < 1.29 is 4.74 Å². The first-order chi connectivity index (χ1) is 8.84. The third kappa shape index (κ3) is 2.73. The Hall–Kier alpha value is -0.120. The SMILES string of the molecule is CC1OCCC1CNC1CCCC1C1CCCN1. The van der Waals surface area contributed by atoms with Gasteiger partial charge in [0, 0.05) is 25.2 Å². The third-order valence-electron chi connectivity index (χ3n) is 5.36. The van der Waals surface area contributed by atoms with Crippen LogP contribution in [0.1, 0.15) is 45.4 Å². The smallest absolute Gasteiger partial charge is 0.0588 e. The van der Waals surface area contributed by atoms with Crippen LogP contribution in [0.3, 0.4) is 0 Å². The Bertz CT molecular complexity index is 265. The Labute approximate surface area is 111 Å². The second kappa shape index (κ2) is 5.89. The Balaban J connectivity index is 1.48. The summed E-state index contributed by atoms with van der Waals surface area (Å²) in [6.07, 6.45) is 8.69. The van der Waals surface area contributed by atoms with Gasteiger partial charge in [0.2, 0.25) is 0 Å². The highest BCUT2D eigenvalue weighted by atomic mass is 16.5. The van der Waals surface area contributed by atoms with Crippen molar-refractivity contribution in [2.45, 2.75) is 63.6 Å². The second-order valence-electron chi connectivity index (χ2n) is 6.44. The second-order valence-corrected chi connectivity index (χ2v) is 6.44. The van der Waals surface area contributed by atoms with Gasteiger partial charge in [-0.15, -0.1) is 0 Å². The molecule has 0 aromatic heterocycles. The maximum absolute atomic E-state index is 5.65. The summed E-state index contributed by atoms with van der Waals surface area (Å²) in [6, 6.07) is 1.55. The molecule has 1 saturated carbocycles. The molecule has 3 rings (SSSR count). The molecule has 2 heterocycles. The molecule has 2 aliphatic heterocycles. The average Bonchev–Trinajstić information content (AvgIpc) is 3.07. The van der Waals surface area contributed by atoms with E-state index in [0.29, 0.717) is 6.10 Å². The highest BCUT2D eigenvalue weighted by Gasteiger charge is 2.35. The van der Waals surface area contributed by atoms with E-state index in [1.165, 1.54) is 45.1 Å². The molecular formula is C15H28N2O. The molecule has 3 nitrogen and oxygen atoms in total. The van der Waals surface area contributed by atoms with E-state index >= 15 is 0 Å². The largest absolute Gasteiger partial charge is 0.378 e. The van der Waals surface area contributed by atoms with Crippen LogP contribution < -0.4 is 10.6 Å². The Morgan fingerprint density at radius 1 is 1.17 bits per heavy atom. The van der Waals surface area contributed by atoms with Crippen molar-refractivity contribution in [1.29, 1.82) is 0 Å². The van der Waals surface area contributed by atoms with Crippen molar-refractivity contribution in [3.8, 4) is 0 Å². The van der Waals surface area contributed by atoms with E-state index < -0.39 is 0 Å².